The van der Waals surface area contributed by atoms with Crippen molar-refractivity contribution in [3.63, 3.8) is 0 Å². The molecule has 0 spiro atoms. The van der Waals surface area contributed by atoms with Crippen LogP contribution < -0.4 is 10.5 Å². The number of benzene rings is 2. The van der Waals surface area contributed by atoms with Gasteiger partial charge in [-0.2, -0.15) is 4.39 Å². The molecule has 0 fully saturated rings. The molecular weight excluding hydrogens is 367 g/mol. The molecule has 2 aromatic carbocycles. The van der Waals surface area contributed by atoms with E-state index in [1.54, 1.807) is 0 Å². The molecule has 2 aromatic rings. The van der Waals surface area contributed by atoms with E-state index in [4.69, 9.17) is 22.7 Å². The van der Waals surface area contributed by atoms with Crippen LogP contribution in [0.1, 0.15) is 11.1 Å². The maximum absolute atomic E-state index is 13.8. The molecule has 7 heteroatoms. The Hall–Kier alpha value is -1.60. The van der Waals surface area contributed by atoms with Gasteiger partial charge in [-0.25, -0.2) is 8.78 Å². The van der Waals surface area contributed by atoms with Crippen LogP contribution in [-0.2, 0) is 6.61 Å². The molecule has 0 bridgehead atoms. The average Bonchev–Trinajstić information content (AvgIpc) is 2.42. The van der Waals surface area contributed by atoms with Crippen molar-refractivity contribution in [2.75, 3.05) is 0 Å². The number of ether oxygens (including phenoxy) is 1. The summed E-state index contributed by atoms with van der Waals surface area (Å²) in [6.45, 7) is -0.254. The van der Waals surface area contributed by atoms with Gasteiger partial charge in [0.1, 0.15) is 17.4 Å². The summed E-state index contributed by atoms with van der Waals surface area (Å²) in [5.74, 6) is -3.07. The van der Waals surface area contributed by atoms with Gasteiger partial charge in [0, 0.05) is 15.6 Å². The normalized spacial score (nSPS) is 10.5. The Morgan fingerprint density at radius 3 is 2.48 bits per heavy atom. The minimum absolute atomic E-state index is 0.0708. The van der Waals surface area contributed by atoms with E-state index in [9.17, 15) is 13.2 Å². The van der Waals surface area contributed by atoms with E-state index in [-0.39, 0.29) is 22.9 Å². The van der Waals surface area contributed by atoms with E-state index in [0.29, 0.717) is 10.0 Å². The highest BCUT2D eigenvalue weighted by molar-refractivity contribution is 9.10. The Bertz CT molecular complexity index is 709. The lowest BCUT2D eigenvalue weighted by molar-refractivity contribution is 0.279. The quantitative estimate of drug-likeness (QED) is 0.645. The van der Waals surface area contributed by atoms with Crippen molar-refractivity contribution < 1.29 is 17.9 Å². The first-order valence-electron chi connectivity index (χ1n) is 5.74. The number of hydrogen-bond donors (Lipinski definition) is 1. The predicted octanol–water partition coefficient (Wildman–Crippen LogP) is 4.08. The van der Waals surface area contributed by atoms with Gasteiger partial charge in [-0.05, 0) is 18.2 Å². The third-order valence-electron chi connectivity index (χ3n) is 2.68. The number of nitrogens with two attached hydrogens (primary N) is 1. The van der Waals surface area contributed by atoms with Crippen molar-refractivity contribution in [3.05, 3.63) is 63.4 Å². The Kier molecular flexibility index (Phi) is 4.84. The van der Waals surface area contributed by atoms with E-state index in [1.807, 2.05) is 0 Å². The van der Waals surface area contributed by atoms with E-state index in [2.05, 4.69) is 15.9 Å². The molecule has 2 N–H and O–H groups in total. The average molecular weight is 376 g/mol. The standard InChI is InChI=1S/C14H9BrF3NOS/c15-9-4-11(17)13(18)12(5-9)20-6-8-2-1-7(14(19)21)3-10(8)16/h1-5H,6H2,(H2,19,21). The first kappa shape index (κ1) is 15.8. The summed E-state index contributed by atoms with van der Waals surface area (Å²) in [5.41, 5.74) is 5.94. The fraction of sp³-hybridized carbons (Fsp3) is 0.0714. The van der Waals surface area contributed by atoms with Crippen LogP contribution in [0.5, 0.6) is 5.75 Å². The first-order chi connectivity index (χ1) is 9.88. The molecule has 0 saturated carbocycles. The van der Waals surface area contributed by atoms with Gasteiger partial charge in [-0.15, -0.1) is 0 Å². The summed E-state index contributed by atoms with van der Waals surface area (Å²) in [5, 5.41) is 0. The topological polar surface area (TPSA) is 35.2 Å². The lowest BCUT2D eigenvalue weighted by atomic mass is 10.1. The first-order valence-corrected chi connectivity index (χ1v) is 6.94. The van der Waals surface area contributed by atoms with Crippen LogP contribution in [0.3, 0.4) is 0 Å². The minimum Gasteiger partial charge on any atom is -0.486 e. The van der Waals surface area contributed by atoms with Crippen molar-refractivity contribution in [1.82, 2.24) is 0 Å². The van der Waals surface area contributed by atoms with Crippen LogP contribution in [0.2, 0.25) is 0 Å². The monoisotopic (exact) mass is 375 g/mol. The molecule has 0 heterocycles. The van der Waals surface area contributed by atoms with Crippen molar-refractivity contribution >= 4 is 33.1 Å². The molecule has 0 aliphatic rings. The van der Waals surface area contributed by atoms with E-state index >= 15 is 0 Å². The highest BCUT2D eigenvalue weighted by atomic mass is 79.9. The third-order valence-corrected chi connectivity index (χ3v) is 3.37. The zero-order valence-corrected chi connectivity index (χ0v) is 12.9. The van der Waals surface area contributed by atoms with E-state index in [0.717, 1.165) is 6.07 Å². The van der Waals surface area contributed by atoms with Gasteiger partial charge in [0.05, 0.1) is 0 Å². The largest absolute Gasteiger partial charge is 0.486 e. The molecule has 0 atom stereocenters. The Morgan fingerprint density at radius 2 is 1.86 bits per heavy atom. The van der Waals surface area contributed by atoms with Crippen LogP contribution in [0, 0.1) is 17.5 Å². The molecule has 2 nitrogen and oxygen atoms in total. The van der Waals surface area contributed by atoms with Gasteiger partial charge in [0.25, 0.3) is 0 Å². The van der Waals surface area contributed by atoms with Gasteiger partial charge in [-0.1, -0.05) is 40.3 Å². The second kappa shape index (κ2) is 6.44. The van der Waals surface area contributed by atoms with E-state index < -0.39 is 17.5 Å². The van der Waals surface area contributed by atoms with Crippen LogP contribution in [0.15, 0.2) is 34.8 Å². The highest BCUT2D eigenvalue weighted by Gasteiger charge is 2.13. The Balaban J connectivity index is 2.19. The molecule has 0 aliphatic heterocycles. The van der Waals surface area contributed by atoms with Crippen molar-refractivity contribution in [2.24, 2.45) is 5.73 Å². The molecule has 0 saturated heterocycles. The Labute approximate surface area is 132 Å². The van der Waals surface area contributed by atoms with Crippen molar-refractivity contribution in [1.29, 1.82) is 0 Å². The van der Waals surface area contributed by atoms with Crippen molar-refractivity contribution in [2.45, 2.75) is 6.61 Å². The SMILES string of the molecule is NC(=S)c1ccc(COc2cc(Br)cc(F)c2F)c(F)c1. The van der Waals surface area contributed by atoms with Gasteiger partial charge in [-0.3, -0.25) is 0 Å². The van der Waals surface area contributed by atoms with Gasteiger partial charge >= 0.3 is 0 Å². The number of rotatable bonds is 4. The second-order valence-electron chi connectivity index (χ2n) is 4.16. The maximum Gasteiger partial charge on any atom is 0.200 e. The number of thiocarbonyl (C=S) groups is 1. The summed E-state index contributed by atoms with van der Waals surface area (Å²) >= 11 is 7.76. The molecule has 0 aliphatic carbocycles. The van der Waals surface area contributed by atoms with Crippen LogP contribution in [0.25, 0.3) is 0 Å². The van der Waals surface area contributed by atoms with Crippen LogP contribution in [-0.4, -0.2) is 4.99 Å². The molecule has 21 heavy (non-hydrogen) atoms. The predicted molar refractivity (Wildman–Crippen MR) is 80.7 cm³/mol. The summed E-state index contributed by atoms with van der Waals surface area (Å²) < 4.78 is 45.9. The number of halogens is 4. The van der Waals surface area contributed by atoms with Crippen LogP contribution >= 0.6 is 28.1 Å². The van der Waals surface area contributed by atoms with Gasteiger partial charge < -0.3 is 10.5 Å². The smallest absolute Gasteiger partial charge is 0.200 e. The Morgan fingerprint density at radius 1 is 1.14 bits per heavy atom. The summed E-state index contributed by atoms with van der Waals surface area (Å²) in [6, 6.07) is 6.36. The maximum atomic E-state index is 13.8. The van der Waals surface area contributed by atoms with Gasteiger partial charge in [0.15, 0.2) is 11.6 Å². The molecular formula is C14H9BrF3NOS. The molecule has 2 rings (SSSR count). The number of hydrogen-bond acceptors (Lipinski definition) is 2. The van der Waals surface area contributed by atoms with E-state index in [1.165, 1.54) is 24.3 Å². The summed E-state index contributed by atoms with van der Waals surface area (Å²) in [7, 11) is 0. The minimum atomic E-state index is -1.13. The van der Waals surface area contributed by atoms with Crippen LogP contribution in [0.4, 0.5) is 13.2 Å². The molecule has 0 radical (unpaired) electrons. The zero-order valence-electron chi connectivity index (χ0n) is 10.5. The third kappa shape index (κ3) is 3.74. The zero-order chi connectivity index (χ0) is 15.6. The van der Waals surface area contributed by atoms with Gasteiger partial charge in [0.2, 0.25) is 5.82 Å². The second-order valence-corrected chi connectivity index (χ2v) is 5.51. The molecule has 0 unspecified atom stereocenters. The fourth-order valence-electron chi connectivity index (χ4n) is 1.61. The van der Waals surface area contributed by atoms with Crippen molar-refractivity contribution in [3.8, 4) is 5.75 Å². The highest BCUT2D eigenvalue weighted by Crippen LogP contribution is 2.26. The summed E-state index contributed by atoms with van der Waals surface area (Å²) in [6.07, 6.45) is 0. The molecule has 0 aromatic heterocycles. The lowest BCUT2D eigenvalue weighted by Gasteiger charge is -2.10. The summed E-state index contributed by atoms with van der Waals surface area (Å²) in [4.78, 5) is 0.0708. The lowest BCUT2D eigenvalue weighted by Crippen LogP contribution is -2.10. The molecule has 0 amide bonds. The molecule has 110 valence electrons. The fourth-order valence-corrected chi connectivity index (χ4v) is 2.15.